The molecule has 2 rings (SSSR count). The molecule has 1 aromatic heterocycles. The molecule has 114 valence electrons. The Morgan fingerprint density at radius 2 is 2.00 bits per heavy atom. The molecule has 0 N–H and O–H groups in total. The molecule has 8 heteroatoms. The fourth-order valence-corrected chi connectivity index (χ4v) is 1.85. The molecule has 3 amide bonds. The molecule has 8 nitrogen and oxygen atoms in total. The van der Waals surface area contributed by atoms with E-state index in [9.17, 15) is 14.4 Å². The number of likely N-dealkylation sites (N-methyl/N-ethyl adjacent to an activating group) is 1. The standard InChI is InChI=1S/C13H17N3O5/c1-7(17)20-11-10(18)16(12(19)15(11)5)9-6-8(21-14-9)13(2,3)4/h6,11H,1-5H3. The number of amides is 3. The Kier molecular flexibility index (Phi) is 3.48. The van der Waals surface area contributed by atoms with Crippen LogP contribution in [0.3, 0.4) is 0 Å². The highest BCUT2D eigenvalue weighted by molar-refractivity contribution is 6.20. The average Bonchev–Trinajstić information content (AvgIpc) is 2.89. The summed E-state index contributed by atoms with van der Waals surface area (Å²) in [5, 5.41) is 3.76. The number of hydrogen-bond donors (Lipinski definition) is 0. The van der Waals surface area contributed by atoms with E-state index < -0.39 is 24.1 Å². The quantitative estimate of drug-likeness (QED) is 0.602. The first kappa shape index (κ1) is 15.0. The van der Waals surface area contributed by atoms with Gasteiger partial charge < -0.3 is 9.26 Å². The molecule has 0 radical (unpaired) electrons. The number of carbonyl (C=O) groups excluding carboxylic acids is 3. The van der Waals surface area contributed by atoms with E-state index in [0.717, 1.165) is 9.80 Å². The Labute approximate surface area is 121 Å². The van der Waals surface area contributed by atoms with Crippen LogP contribution >= 0.6 is 0 Å². The molecule has 0 bridgehead atoms. The molecule has 0 spiro atoms. The number of hydrogen-bond acceptors (Lipinski definition) is 6. The highest BCUT2D eigenvalue weighted by Gasteiger charge is 2.47. The van der Waals surface area contributed by atoms with Crippen molar-refractivity contribution in [2.24, 2.45) is 0 Å². The topological polar surface area (TPSA) is 93.0 Å². The summed E-state index contributed by atoms with van der Waals surface area (Å²) in [5.74, 6) is -0.704. The number of nitrogens with zero attached hydrogens (tertiary/aromatic N) is 3. The number of esters is 1. The van der Waals surface area contributed by atoms with Crippen molar-refractivity contribution in [3.8, 4) is 0 Å². The lowest BCUT2D eigenvalue weighted by Gasteiger charge is -2.14. The molecule has 1 aliphatic rings. The van der Waals surface area contributed by atoms with Crippen LogP contribution in [0.15, 0.2) is 10.6 Å². The molecule has 0 aromatic carbocycles. The number of ether oxygens (including phenoxy) is 1. The van der Waals surface area contributed by atoms with E-state index in [4.69, 9.17) is 9.26 Å². The molecular formula is C13H17N3O5. The molecule has 0 aliphatic carbocycles. The predicted molar refractivity (Wildman–Crippen MR) is 71.4 cm³/mol. The molecule has 1 saturated heterocycles. The molecule has 1 unspecified atom stereocenters. The maximum atomic E-state index is 12.2. The van der Waals surface area contributed by atoms with Gasteiger partial charge in [0.25, 0.3) is 12.1 Å². The summed E-state index contributed by atoms with van der Waals surface area (Å²) in [7, 11) is 1.37. The van der Waals surface area contributed by atoms with Crippen LogP contribution in [0.5, 0.6) is 0 Å². The van der Waals surface area contributed by atoms with Gasteiger partial charge in [-0.25, -0.2) is 9.69 Å². The van der Waals surface area contributed by atoms with Gasteiger partial charge in [0.15, 0.2) is 5.82 Å². The molecule has 1 atom stereocenters. The Hall–Kier alpha value is -2.38. The van der Waals surface area contributed by atoms with Crippen LogP contribution < -0.4 is 4.90 Å². The summed E-state index contributed by atoms with van der Waals surface area (Å²) in [6.45, 7) is 6.91. The fourth-order valence-electron chi connectivity index (χ4n) is 1.85. The summed E-state index contributed by atoms with van der Waals surface area (Å²) in [4.78, 5) is 37.2. The summed E-state index contributed by atoms with van der Waals surface area (Å²) in [6, 6.07) is 0.903. The predicted octanol–water partition coefficient (Wildman–Crippen LogP) is 1.26. The largest absolute Gasteiger partial charge is 0.432 e. The third-order valence-electron chi connectivity index (χ3n) is 3.02. The highest BCUT2D eigenvalue weighted by Crippen LogP contribution is 2.29. The number of imide groups is 1. The van der Waals surface area contributed by atoms with Gasteiger partial charge in [0.05, 0.1) is 0 Å². The van der Waals surface area contributed by atoms with Crippen molar-refractivity contribution < 1.29 is 23.6 Å². The van der Waals surface area contributed by atoms with Crippen LogP contribution in [0.4, 0.5) is 10.6 Å². The molecule has 2 heterocycles. The first-order valence-electron chi connectivity index (χ1n) is 6.38. The van der Waals surface area contributed by atoms with E-state index in [2.05, 4.69) is 5.16 Å². The summed E-state index contributed by atoms with van der Waals surface area (Å²) in [5.41, 5.74) is -0.307. The fraction of sp³-hybridized carbons (Fsp3) is 0.538. The third kappa shape index (κ3) is 2.61. The normalized spacial score (nSPS) is 19.4. The van der Waals surface area contributed by atoms with Crippen LogP contribution in [-0.2, 0) is 19.7 Å². The number of anilines is 1. The van der Waals surface area contributed by atoms with Crippen LogP contribution in [0, 0.1) is 0 Å². The lowest BCUT2D eigenvalue weighted by molar-refractivity contribution is -0.157. The van der Waals surface area contributed by atoms with Gasteiger partial charge >= 0.3 is 12.0 Å². The number of urea groups is 1. The van der Waals surface area contributed by atoms with Crippen molar-refractivity contribution in [1.82, 2.24) is 10.1 Å². The van der Waals surface area contributed by atoms with E-state index >= 15 is 0 Å². The Morgan fingerprint density at radius 3 is 2.48 bits per heavy atom. The third-order valence-corrected chi connectivity index (χ3v) is 3.02. The van der Waals surface area contributed by atoms with E-state index in [1.165, 1.54) is 20.0 Å². The van der Waals surface area contributed by atoms with Gasteiger partial charge in [-0.05, 0) is 0 Å². The highest BCUT2D eigenvalue weighted by atomic mass is 16.6. The van der Waals surface area contributed by atoms with Crippen LogP contribution in [0.1, 0.15) is 33.5 Å². The van der Waals surface area contributed by atoms with Gasteiger partial charge in [-0.1, -0.05) is 25.9 Å². The summed E-state index contributed by atoms with van der Waals surface area (Å²) >= 11 is 0. The Balaban J connectivity index is 2.32. The van der Waals surface area contributed by atoms with Gasteiger partial charge in [0.2, 0.25) is 0 Å². The molecule has 1 fully saturated rings. The maximum Gasteiger partial charge on any atom is 0.335 e. The van der Waals surface area contributed by atoms with E-state index in [1.54, 1.807) is 0 Å². The van der Waals surface area contributed by atoms with Crippen LogP contribution in [0.2, 0.25) is 0 Å². The zero-order valence-electron chi connectivity index (χ0n) is 12.5. The van der Waals surface area contributed by atoms with Gasteiger partial charge in [-0.2, -0.15) is 0 Å². The Morgan fingerprint density at radius 1 is 1.38 bits per heavy atom. The van der Waals surface area contributed by atoms with E-state index in [0.29, 0.717) is 5.76 Å². The zero-order valence-corrected chi connectivity index (χ0v) is 12.5. The minimum Gasteiger partial charge on any atom is -0.432 e. The number of aromatic nitrogens is 1. The second-order valence-corrected chi connectivity index (χ2v) is 5.83. The first-order chi connectivity index (χ1) is 9.62. The molecular weight excluding hydrogens is 278 g/mol. The smallest absolute Gasteiger partial charge is 0.335 e. The van der Waals surface area contributed by atoms with Gasteiger partial charge in [0, 0.05) is 25.5 Å². The minimum atomic E-state index is -1.27. The SMILES string of the molecule is CC(=O)OC1C(=O)N(c2cc(C(C)(C)C)on2)C(=O)N1C. The van der Waals surface area contributed by atoms with Crippen LogP contribution in [-0.4, -0.2) is 41.2 Å². The van der Waals surface area contributed by atoms with Crippen LogP contribution in [0.25, 0.3) is 0 Å². The van der Waals surface area contributed by atoms with E-state index in [-0.39, 0.29) is 11.2 Å². The molecule has 0 saturated carbocycles. The first-order valence-corrected chi connectivity index (χ1v) is 6.38. The lowest BCUT2D eigenvalue weighted by atomic mass is 9.93. The molecule has 1 aromatic rings. The zero-order chi connectivity index (χ0) is 15.9. The number of rotatable bonds is 2. The molecule has 21 heavy (non-hydrogen) atoms. The maximum absolute atomic E-state index is 12.2. The van der Waals surface area contributed by atoms with Crippen molar-refractivity contribution in [3.05, 3.63) is 11.8 Å². The van der Waals surface area contributed by atoms with E-state index in [1.807, 2.05) is 20.8 Å². The average molecular weight is 295 g/mol. The minimum absolute atomic E-state index is 0.0800. The van der Waals surface area contributed by atoms with Crippen molar-refractivity contribution in [2.75, 3.05) is 11.9 Å². The second-order valence-electron chi connectivity index (χ2n) is 5.83. The van der Waals surface area contributed by atoms with Gasteiger partial charge in [-0.15, -0.1) is 0 Å². The van der Waals surface area contributed by atoms with Crippen molar-refractivity contribution in [1.29, 1.82) is 0 Å². The van der Waals surface area contributed by atoms with Crippen molar-refractivity contribution in [2.45, 2.75) is 39.3 Å². The lowest BCUT2D eigenvalue weighted by Crippen LogP contribution is -2.35. The molecule has 1 aliphatic heterocycles. The summed E-state index contributed by atoms with van der Waals surface area (Å²) in [6.07, 6.45) is -1.27. The Bertz CT molecular complexity index is 601. The van der Waals surface area contributed by atoms with Gasteiger partial charge in [0.1, 0.15) is 5.76 Å². The van der Waals surface area contributed by atoms with Gasteiger partial charge in [-0.3, -0.25) is 14.5 Å². The monoisotopic (exact) mass is 295 g/mol. The number of carbonyl (C=O) groups is 3. The van der Waals surface area contributed by atoms with Crippen molar-refractivity contribution in [3.63, 3.8) is 0 Å². The summed E-state index contributed by atoms with van der Waals surface area (Å²) < 4.78 is 10.0. The van der Waals surface area contributed by atoms with Crippen molar-refractivity contribution >= 4 is 23.7 Å². The second kappa shape index (κ2) is 4.87.